The highest BCUT2D eigenvalue weighted by atomic mass is 79.9. The maximum Gasteiger partial charge on any atom is 0.258 e. The molecule has 0 saturated carbocycles. The fourth-order valence-corrected chi connectivity index (χ4v) is 3.33. The van der Waals surface area contributed by atoms with Crippen LogP contribution in [0.2, 0.25) is 0 Å². The Labute approximate surface area is 131 Å². The standard InChI is InChI=1S/C15H18BrN3O2/c1-10-4-5-18(13(10)9-20)8-12-6-15(21)19-7-11(16)2-3-14(19)17-12/h2-3,6-7,10,13,20H,4-5,8-9H2,1H3. The van der Waals surface area contributed by atoms with Gasteiger partial charge in [0.15, 0.2) is 0 Å². The quantitative estimate of drug-likeness (QED) is 0.913. The number of likely N-dealkylation sites (tertiary alicyclic amines) is 1. The molecule has 3 heterocycles. The van der Waals surface area contributed by atoms with Gasteiger partial charge in [0.2, 0.25) is 0 Å². The number of fused-ring (bicyclic) bond motifs is 1. The molecule has 3 rings (SSSR count). The third-order valence-corrected chi connectivity index (χ3v) is 4.70. The van der Waals surface area contributed by atoms with Crippen LogP contribution in [-0.2, 0) is 6.54 Å². The lowest BCUT2D eigenvalue weighted by molar-refractivity contribution is 0.133. The van der Waals surface area contributed by atoms with E-state index in [9.17, 15) is 9.90 Å². The van der Waals surface area contributed by atoms with Crippen molar-refractivity contribution >= 4 is 21.6 Å². The number of nitrogens with zero attached hydrogens (tertiary/aromatic N) is 3. The van der Waals surface area contributed by atoms with Gasteiger partial charge >= 0.3 is 0 Å². The fourth-order valence-electron chi connectivity index (χ4n) is 2.99. The second-order valence-electron chi connectivity index (χ2n) is 5.65. The molecule has 2 unspecified atom stereocenters. The zero-order valence-electron chi connectivity index (χ0n) is 11.9. The van der Waals surface area contributed by atoms with Crippen molar-refractivity contribution in [2.45, 2.75) is 25.9 Å². The average Bonchev–Trinajstić information content (AvgIpc) is 2.80. The van der Waals surface area contributed by atoms with E-state index in [-0.39, 0.29) is 18.2 Å². The number of pyridine rings is 1. The van der Waals surface area contributed by atoms with Gasteiger partial charge in [-0.05, 0) is 46.9 Å². The molecule has 0 spiro atoms. The van der Waals surface area contributed by atoms with E-state index >= 15 is 0 Å². The second kappa shape index (κ2) is 5.87. The van der Waals surface area contributed by atoms with Crippen LogP contribution in [0.15, 0.2) is 33.7 Å². The minimum Gasteiger partial charge on any atom is -0.395 e. The molecule has 2 aromatic rings. The summed E-state index contributed by atoms with van der Waals surface area (Å²) in [6.45, 7) is 3.85. The van der Waals surface area contributed by atoms with Gasteiger partial charge in [-0.25, -0.2) is 4.98 Å². The summed E-state index contributed by atoms with van der Waals surface area (Å²) in [5.41, 5.74) is 1.33. The molecule has 0 aliphatic carbocycles. The zero-order chi connectivity index (χ0) is 15.0. The molecule has 1 saturated heterocycles. The summed E-state index contributed by atoms with van der Waals surface area (Å²) >= 11 is 3.36. The van der Waals surface area contributed by atoms with E-state index < -0.39 is 0 Å². The Hall–Kier alpha value is -1.24. The van der Waals surface area contributed by atoms with E-state index in [1.165, 1.54) is 4.40 Å². The summed E-state index contributed by atoms with van der Waals surface area (Å²) in [5, 5.41) is 9.51. The molecule has 1 N–H and O–H groups in total. The smallest absolute Gasteiger partial charge is 0.258 e. The molecular formula is C15H18BrN3O2. The number of hydrogen-bond donors (Lipinski definition) is 1. The number of hydrogen-bond acceptors (Lipinski definition) is 4. The van der Waals surface area contributed by atoms with Gasteiger partial charge < -0.3 is 5.11 Å². The topological polar surface area (TPSA) is 57.8 Å². The minimum absolute atomic E-state index is 0.0795. The van der Waals surface area contributed by atoms with Gasteiger partial charge in [0.1, 0.15) is 5.65 Å². The van der Waals surface area contributed by atoms with Crippen molar-refractivity contribution in [3.05, 3.63) is 44.9 Å². The van der Waals surface area contributed by atoms with Crippen LogP contribution in [0, 0.1) is 5.92 Å². The summed E-state index contributed by atoms with van der Waals surface area (Å²) in [6, 6.07) is 5.44. The van der Waals surface area contributed by atoms with Crippen LogP contribution in [0.3, 0.4) is 0 Å². The highest BCUT2D eigenvalue weighted by Crippen LogP contribution is 2.24. The van der Waals surface area contributed by atoms with Gasteiger partial charge in [0.25, 0.3) is 5.56 Å². The molecular weight excluding hydrogens is 334 g/mol. The first-order chi connectivity index (χ1) is 10.1. The molecule has 0 bridgehead atoms. The Morgan fingerprint density at radius 3 is 3.05 bits per heavy atom. The lowest BCUT2D eigenvalue weighted by Crippen LogP contribution is -2.35. The van der Waals surface area contributed by atoms with Crippen LogP contribution in [0.5, 0.6) is 0 Å². The summed E-state index contributed by atoms with van der Waals surface area (Å²) in [6.07, 6.45) is 2.80. The molecule has 0 amide bonds. The Bertz CT molecular complexity index is 716. The molecule has 0 radical (unpaired) electrons. The van der Waals surface area contributed by atoms with Gasteiger partial charge in [-0.3, -0.25) is 14.1 Å². The van der Waals surface area contributed by atoms with E-state index in [1.807, 2.05) is 12.1 Å². The Morgan fingerprint density at radius 1 is 1.48 bits per heavy atom. The number of rotatable bonds is 3. The molecule has 1 aliphatic rings. The van der Waals surface area contributed by atoms with E-state index in [1.54, 1.807) is 12.3 Å². The molecule has 0 aromatic carbocycles. The Kier molecular flexibility index (Phi) is 4.10. The van der Waals surface area contributed by atoms with Crippen molar-refractivity contribution in [3.8, 4) is 0 Å². The molecule has 6 heteroatoms. The van der Waals surface area contributed by atoms with Gasteiger partial charge in [-0.1, -0.05) is 6.92 Å². The van der Waals surface area contributed by atoms with Crippen LogP contribution < -0.4 is 5.56 Å². The van der Waals surface area contributed by atoms with Gasteiger partial charge in [0, 0.05) is 29.3 Å². The first kappa shape index (κ1) is 14.7. The lowest BCUT2D eigenvalue weighted by atomic mass is 10.0. The molecule has 21 heavy (non-hydrogen) atoms. The molecule has 1 aliphatic heterocycles. The summed E-state index contributed by atoms with van der Waals surface area (Å²) in [4.78, 5) is 18.9. The number of aromatic nitrogens is 2. The summed E-state index contributed by atoms with van der Waals surface area (Å²) < 4.78 is 2.38. The first-order valence-corrected chi connectivity index (χ1v) is 7.90. The zero-order valence-corrected chi connectivity index (χ0v) is 13.5. The van der Waals surface area contributed by atoms with Crippen LogP contribution >= 0.6 is 15.9 Å². The van der Waals surface area contributed by atoms with Crippen molar-refractivity contribution in [1.29, 1.82) is 0 Å². The van der Waals surface area contributed by atoms with Crippen LogP contribution in [0.1, 0.15) is 19.0 Å². The fraction of sp³-hybridized carbons (Fsp3) is 0.467. The minimum atomic E-state index is -0.0795. The van der Waals surface area contributed by atoms with Crippen molar-refractivity contribution in [1.82, 2.24) is 14.3 Å². The third kappa shape index (κ3) is 2.88. The molecule has 5 nitrogen and oxygen atoms in total. The van der Waals surface area contributed by atoms with Crippen molar-refractivity contribution in [2.75, 3.05) is 13.2 Å². The van der Waals surface area contributed by atoms with Crippen molar-refractivity contribution in [3.63, 3.8) is 0 Å². The van der Waals surface area contributed by atoms with E-state index in [0.717, 1.165) is 23.1 Å². The van der Waals surface area contributed by atoms with Crippen molar-refractivity contribution < 1.29 is 5.11 Å². The maximum atomic E-state index is 12.2. The highest BCUT2D eigenvalue weighted by molar-refractivity contribution is 9.10. The Morgan fingerprint density at radius 2 is 2.29 bits per heavy atom. The molecule has 112 valence electrons. The van der Waals surface area contributed by atoms with Crippen LogP contribution in [-0.4, -0.2) is 38.6 Å². The summed E-state index contributed by atoms with van der Waals surface area (Å²) in [5.74, 6) is 0.479. The van der Waals surface area contributed by atoms with Crippen molar-refractivity contribution in [2.24, 2.45) is 5.92 Å². The highest BCUT2D eigenvalue weighted by Gasteiger charge is 2.30. The predicted octanol–water partition coefficient (Wildman–Crippen LogP) is 1.66. The molecule has 2 aromatic heterocycles. The Balaban J connectivity index is 1.91. The molecule has 2 atom stereocenters. The number of halogens is 1. The van der Waals surface area contributed by atoms with E-state index in [0.29, 0.717) is 18.1 Å². The van der Waals surface area contributed by atoms with Crippen LogP contribution in [0.25, 0.3) is 5.65 Å². The maximum absolute atomic E-state index is 12.2. The van der Waals surface area contributed by atoms with E-state index in [4.69, 9.17) is 0 Å². The largest absolute Gasteiger partial charge is 0.395 e. The van der Waals surface area contributed by atoms with E-state index in [2.05, 4.69) is 32.7 Å². The van der Waals surface area contributed by atoms with Gasteiger partial charge in [-0.15, -0.1) is 0 Å². The van der Waals surface area contributed by atoms with Crippen LogP contribution in [0.4, 0.5) is 0 Å². The SMILES string of the molecule is CC1CCN(Cc2cc(=O)n3cc(Br)ccc3n2)C1CO. The van der Waals surface area contributed by atoms with Gasteiger partial charge in [0.05, 0.1) is 12.3 Å². The normalized spacial score (nSPS) is 23.0. The molecule has 1 fully saturated rings. The average molecular weight is 352 g/mol. The number of aliphatic hydroxyl groups is 1. The van der Waals surface area contributed by atoms with Gasteiger partial charge in [-0.2, -0.15) is 0 Å². The first-order valence-electron chi connectivity index (χ1n) is 7.11. The second-order valence-corrected chi connectivity index (χ2v) is 6.56. The third-order valence-electron chi connectivity index (χ3n) is 4.23. The lowest BCUT2D eigenvalue weighted by Gasteiger charge is -2.24. The summed E-state index contributed by atoms with van der Waals surface area (Å²) in [7, 11) is 0. The number of aliphatic hydroxyl groups excluding tert-OH is 1. The monoisotopic (exact) mass is 351 g/mol. The predicted molar refractivity (Wildman–Crippen MR) is 84.2 cm³/mol.